The molecule has 0 bridgehead atoms. The third-order valence-electron chi connectivity index (χ3n) is 2.46. The standard InChI is InChI=1S/C10H9BrN2O3/c11-6-4-12-3-5(9(6)14)7-1-2-8(13-7)10(15)16/h3-4,8H,1-2H2,(H,12,14)(H,15,16)/t8-/m1/s1. The molecule has 2 N–H and O–H groups in total. The van der Waals surface area contributed by atoms with E-state index in [1.165, 1.54) is 6.20 Å². The van der Waals surface area contributed by atoms with Crippen LogP contribution in [0.2, 0.25) is 0 Å². The number of hydrogen-bond donors (Lipinski definition) is 2. The van der Waals surface area contributed by atoms with Crippen LogP contribution in [0, 0.1) is 0 Å². The zero-order chi connectivity index (χ0) is 11.7. The van der Waals surface area contributed by atoms with Gasteiger partial charge in [0.15, 0.2) is 0 Å². The largest absolute Gasteiger partial charge is 0.480 e. The number of nitrogens with zero attached hydrogens (tertiary/aromatic N) is 1. The summed E-state index contributed by atoms with van der Waals surface area (Å²) in [5, 5.41) is 8.80. The summed E-state index contributed by atoms with van der Waals surface area (Å²) in [7, 11) is 0. The van der Waals surface area contributed by atoms with Crippen LogP contribution in [0.25, 0.3) is 0 Å². The van der Waals surface area contributed by atoms with Gasteiger partial charge in [-0.2, -0.15) is 0 Å². The van der Waals surface area contributed by atoms with Crippen LogP contribution in [-0.4, -0.2) is 27.8 Å². The van der Waals surface area contributed by atoms with E-state index in [1.54, 1.807) is 6.20 Å². The molecule has 0 saturated carbocycles. The van der Waals surface area contributed by atoms with Gasteiger partial charge in [-0.25, -0.2) is 4.79 Å². The van der Waals surface area contributed by atoms with Crippen molar-refractivity contribution < 1.29 is 9.90 Å². The highest BCUT2D eigenvalue weighted by molar-refractivity contribution is 9.10. The van der Waals surface area contributed by atoms with Gasteiger partial charge in [0.2, 0.25) is 5.43 Å². The zero-order valence-electron chi connectivity index (χ0n) is 8.24. The molecular formula is C10H9BrN2O3. The number of halogens is 1. The average molecular weight is 285 g/mol. The topological polar surface area (TPSA) is 82.5 Å². The van der Waals surface area contributed by atoms with Gasteiger partial charge in [0, 0.05) is 18.1 Å². The van der Waals surface area contributed by atoms with Gasteiger partial charge < -0.3 is 10.1 Å². The number of aromatic amines is 1. The van der Waals surface area contributed by atoms with Gasteiger partial charge >= 0.3 is 5.97 Å². The van der Waals surface area contributed by atoms with E-state index in [2.05, 4.69) is 25.9 Å². The predicted octanol–water partition coefficient (Wildman–Crippen LogP) is 1.17. The normalized spacial score (nSPS) is 19.6. The molecule has 0 spiro atoms. The highest BCUT2D eigenvalue weighted by Gasteiger charge is 2.25. The highest BCUT2D eigenvalue weighted by atomic mass is 79.9. The molecule has 0 radical (unpaired) electrons. The van der Waals surface area contributed by atoms with E-state index in [4.69, 9.17) is 5.11 Å². The van der Waals surface area contributed by atoms with Crippen molar-refractivity contribution in [3.63, 3.8) is 0 Å². The Morgan fingerprint density at radius 1 is 1.56 bits per heavy atom. The second kappa shape index (κ2) is 4.21. The van der Waals surface area contributed by atoms with Crippen molar-refractivity contribution in [3.05, 3.63) is 32.7 Å². The Bertz CT molecular complexity index is 521. The molecule has 0 amide bonds. The fourth-order valence-electron chi connectivity index (χ4n) is 1.65. The van der Waals surface area contributed by atoms with Crippen LogP contribution in [0.4, 0.5) is 0 Å². The third-order valence-corrected chi connectivity index (χ3v) is 3.05. The van der Waals surface area contributed by atoms with Crippen molar-refractivity contribution in [1.82, 2.24) is 4.98 Å². The number of aliphatic carboxylic acids is 1. The SMILES string of the molecule is O=C(O)[C@H]1CCC(c2c[nH]cc(Br)c2=O)=N1. The number of carboxylic acids is 1. The molecule has 0 fully saturated rings. The van der Waals surface area contributed by atoms with Crippen molar-refractivity contribution in [2.75, 3.05) is 0 Å². The minimum atomic E-state index is -0.943. The summed E-state index contributed by atoms with van der Waals surface area (Å²) in [5.41, 5.74) is 0.844. The van der Waals surface area contributed by atoms with E-state index in [9.17, 15) is 9.59 Å². The lowest BCUT2D eigenvalue weighted by atomic mass is 10.1. The van der Waals surface area contributed by atoms with Crippen molar-refractivity contribution in [1.29, 1.82) is 0 Å². The number of carbonyl (C=O) groups is 1. The summed E-state index contributed by atoms with van der Waals surface area (Å²) in [4.78, 5) is 29.3. The quantitative estimate of drug-likeness (QED) is 0.855. The van der Waals surface area contributed by atoms with Gasteiger partial charge in [-0.1, -0.05) is 0 Å². The lowest BCUT2D eigenvalue weighted by molar-refractivity contribution is -0.138. The minimum Gasteiger partial charge on any atom is -0.480 e. The van der Waals surface area contributed by atoms with Crippen molar-refractivity contribution >= 4 is 27.6 Å². The molecule has 5 nitrogen and oxygen atoms in total. The lowest BCUT2D eigenvalue weighted by Crippen LogP contribution is -2.16. The number of aromatic nitrogens is 1. The number of rotatable bonds is 2. The van der Waals surface area contributed by atoms with Gasteiger partial charge in [0.05, 0.1) is 10.0 Å². The van der Waals surface area contributed by atoms with Crippen LogP contribution < -0.4 is 5.43 Å². The molecule has 2 heterocycles. The molecule has 6 heteroatoms. The van der Waals surface area contributed by atoms with E-state index in [-0.39, 0.29) is 5.43 Å². The van der Waals surface area contributed by atoms with Crippen LogP contribution in [0.15, 0.2) is 26.7 Å². The number of pyridine rings is 1. The summed E-state index contributed by atoms with van der Waals surface area (Å²) in [5.74, 6) is -0.943. The molecule has 0 saturated heterocycles. The van der Waals surface area contributed by atoms with E-state index in [0.29, 0.717) is 28.6 Å². The fraction of sp³-hybridized carbons (Fsp3) is 0.300. The first-order valence-corrected chi connectivity index (χ1v) is 5.55. The van der Waals surface area contributed by atoms with Crippen LogP contribution in [0.3, 0.4) is 0 Å². The summed E-state index contributed by atoms with van der Waals surface area (Å²) in [6, 6.07) is -0.714. The summed E-state index contributed by atoms with van der Waals surface area (Å²) in [6.45, 7) is 0. The van der Waals surface area contributed by atoms with Gasteiger partial charge in [-0.05, 0) is 28.8 Å². The number of hydrogen-bond acceptors (Lipinski definition) is 3. The zero-order valence-corrected chi connectivity index (χ0v) is 9.82. The molecule has 1 aromatic rings. The maximum Gasteiger partial charge on any atom is 0.328 e. The number of H-pyrrole nitrogens is 1. The smallest absolute Gasteiger partial charge is 0.328 e. The molecule has 0 unspecified atom stereocenters. The predicted molar refractivity (Wildman–Crippen MR) is 62.0 cm³/mol. The molecule has 0 aromatic carbocycles. The first kappa shape index (κ1) is 11.1. The van der Waals surface area contributed by atoms with Crippen molar-refractivity contribution in [2.45, 2.75) is 18.9 Å². The molecule has 2 rings (SSSR count). The van der Waals surface area contributed by atoms with Crippen molar-refractivity contribution in [2.24, 2.45) is 4.99 Å². The molecule has 1 aliphatic heterocycles. The monoisotopic (exact) mass is 284 g/mol. The second-order valence-electron chi connectivity index (χ2n) is 3.51. The summed E-state index contributed by atoms with van der Waals surface area (Å²) in [6.07, 6.45) is 4.07. The molecule has 84 valence electrons. The van der Waals surface area contributed by atoms with Gasteiger partial charge in [0.1, 0.15) is 6.04 Å². The maximum atomic E-state index is 11.7. The average Bonchev–Trinajstić information content (AvgIpc) is 2.71. The van der Waals surface area contributed by atoms with Crippen LogP contribution in [0.5, 0.6) is 0 Å². The van der Waals surface area contributed by atoms with E-state index in [1.807, 2.05) is 0 Å². The number of carboxylic acid groups (broad SMARTS) is 1. The molecule has 16 heavy (non-hydrogen) atoms. The molecule has 1 aromatic heterocycles. The Morgan fingerprint density at radius 3 is 2.94 bits per heavy atom. The Hall–Kier alpha value is -1.43. The number of aliphatic imine (C=N–C) groups is 1. The van der Waals surface area contributed by atoms with Gasteiger partial charge in [-0.15, -0.1) is 0 Å². The van der Waals surface area contributed by atoms with E-state index < -0.39 is 12.0 Å². The maximum absolute atomic E-state index is 11.7. The minimum absolute atomic E-state index is 0.163. The van der Waals surface area contributed by atoms with E-state index >= 15 is 0 Å². The second-order valence-corrected chi connectivity index (χ2v) is 4.37. The van der Waals surface area contributed by atoms with Gasteiger partial charge in [0.25, 0.3) is 0 Å². The Labute approximate surface area is 99.4 Å². The van der Waals surface area contributed by atoms with E-state index in [0.717, 1.165) is 0 Å². The van der Waals surface area contributed by atoms with Crippen LogP contribution in [-0.2, 0) is 4.79 Å². The summed E-state index contributed by atoms with van der Waals surface area (Å²) < 4.78 is 0.423. The fourth-order valence-corrected chi connectivity index (χ4v) is 1.99. The summed E-state index contributed by atoms with van der Waals surface area (Å²) >= 11 is 3.12. The lowest BCUT2D eigenvalue weighted by Gasteiger charge is -1.99. The molecule has 1 atom stereocenters. The van der Waals surface area contributed by atoms with Crippen molar-refractivity contribution in [3.8, 4) is 0 Å². The Morgan fingerprint density at radius 2 is 2.31 bits per heavy atom. The Balaban J connectivity index is 2.40. The highest BCUT2D eigenvalue weighted by Crippen LogP contribution is 2.17. The third kappa shape index (κ3) is 1.92. The van der Waals surface area contributed by atoms with Gasteiger partial charge in [-0.3, -0.25) is 9.79 Å². The van der Waals surface area contributed by atoms with Crippen LogP contribution >= 0.6 is 15.9 Å². The van der Waals surface area contributed by atoms with Crippen LogP contribution in [0.1, 0.15) is 18.4 Å². The molecule has 1 aliphatic rings. The molecular weight excluding hydrogens is 276 g/mol. The number of nitrogens with one attached hydrogen (secondary N) is 1. The first-order valence-electron chi connectivity index (χ1n) is 4.76. The molecule has 0 aliphatic carbocycles. The first-order chi connectivity index (χ1) is 7.59. The Kier molecular flexibility index (Phi) is 2.91.